The average Bonchev–Trinajstić information content (AvgIpc) is 2.55. The Balaban J connectivity index is 1.84. The number of nitrogens with zero attached hydrogens (tertiary/aromatic N) is 1. The molecule has 0 N–H and O–H groups in total. The summed E-state index contributed by atoms with van der Waals surface area (Å²) in [6.07, 6.45) is 1.14. The summed E-state index contributed by atoms with van der Waals surface area (Å²) in [5, 5.41) is 10.9. The molecule has 0 heterocycles. The number of hydrogen-bond donors (Lipinski definition) is 0. The topological polar surface area (TPSA) is 78.7 Å². The molecule has 2 rings (SSSR count). The fourth-order valence-corrected chi connectivity index (χ4v) is 1.82. The molecule has 0 aliphatic carbocycles. The molecule has 0 unspecified atom stereocenters. The van der Waals surface area contributed by atoms with Gasteiger partial charge in [0.05, 0.1) is 18.1 Å². The number of carbonyl (C=O) groups is 1. The molecule has 0 aliphatic heterocycles. The standard InChI is InChI=1S/C16H15NO5/c18-12-13-7-8-16(15(11-13)17(19)20)22-10-4-9-21-14-5-2-1-3-6-14/h1-3,5-8,11-12H,4,9-10H2. The van der Waals surface area contributed by atoms with Crippen molar-refractivity contribution in [2.75, 3.05) is 13.2 Å². The minimum Gasteiger partial charge on any atom is -0.493 e. The lowest BCUT2D eigenvalue weighted by molar-refractivity contribution is -0.385. The molecule has 22 heavy (non-hydrogen) atoms. The van der Waals surface area contributed by atoms with Gasteiger partial charge in [0.15, 0.2) is 5.75 Å². The SMILES string of the molecule is O=Cc1ccc(OCCCOc2ccccc2)c([N+](=O)[O-])c1. The van der Waals surface area contributed by atoms with Gasteiger partial charge in [0.25, 0.3) is 0 Å². The summed E-state index contributed by atoms with van der Waals surface area (Å²) < 4.78 is 10.9. The molecule has 0 aliphatic rings. The van der Waals surface area contributed by atoms with Crippen LogP contribution in [0.1, 0.15) is 16.8 Å². The molecule has 6 heteroatoms. The van der Waals surface area contributed by atoms with Gasteiger partial charge in [-0.3, -0.25) is 14.9 Å². The van der Waals surface area contributed by atoms with Crippen molar-refractivity contribution in [3.8, 4) is 11.5 Å². The molecular formula is C16H15NO5. The van der Waals surface area contributed by atoms with Gasteiger partial charge in [0.1, 0.15) is 12.0 Å². The van der Waals surface area contributed by atoms with Crippen molar-refractivity contribution in [3.63, 3.8) is 0 Å². The van der Waals surface area contributed by atoms with Crippen molar-refractivity contribution in [2.45, 2.75) is 6.42 Å². The summed E-state index contributed by atoms with van der Waals surface area (Å²) in [7, 11) is 0. The van der Waals surface area contributed by atoms with Crippen LogP contribution < -0.4 is 9.47 Å². The Hall–Kier alpha value is -2.89. The second kappa shape index (κ2) is 7.78. The van der Waals surface area contributed by atoms with Crippen LogP contribution in [0.25, 0.3) is 0 Å². The number of benzene rings is 2. The number of hydrogen-bond acceptors (Lipinski definition) is 5. The lowest BCUT2D eigenvalue weighted by Gasteiger charge is -2.08. The molecule has 0 fully saturated rings. The van der Waals surface area contributed by atoms with E-state index in [0.717, 1.165) is 5.75 Å². The Morgan fingerprint density at radius 3 is 2.45 bits per heavy atom. The Morgan fingerprint density at radius 1 is 1.05 bits per heavy atom. The van der Waals surface area contributed by atoms with Gasteiger partial charge in [0.2, 0.25) is 0 Å². The fraction of sp³-hybridized carbons (Fsp3) is 0.188. The number of carbonyl (C=O) groups excluding carboxylic acids is 1. The van der Waals surface area contributed by atoms with Crippen LogP contribution in [0.2, 0.25) is 0 Å². The quantitative estimate of drug-likeness (QED) is 0.323. The Kier molecular flexibility index (Phi) is 5.48. The minimum absolute atomic E-state index is 0.148. The van der Waals surface area contributed by atoms with Gasteiger partial charge in [-0.1, -0.05) is 18.2 Å². The molecule has 0 amide bonds. The van der Waals surface area contributed by atoms with E-state index in [0.29, 0.717) is 19.3 Å². The first-order valence-corrected chi connectivity index (χ1v) is 6.75. The van der Waals surface area contributed by atoms with Crippen LogP contribution in [0.4, 0.5) is 5.69 Å². The molecule has 6 nitrogen and oxygen atoms in total. The van der Waals surface area contributed by atoms with E-state index in [4.69, 9.17) is 9.47 Å². The molecule has 0 aromatic heterocycles. The van der Waals surface area contributed by atoms with Crippen molar-refractivity contribution in [1.82, 2.24) is 0 Å². The third-order valence-electron chi connectivity index (χ3n) is 2.87. The van der Waals surface area contributed by atoms with Crippen molar-refractivity contribution < 1.29 is 19.2 Å². The predicted octanol–water partition coefficient (Wildman–Crippen LogP) is 3.26. The highest BCUT2D eigenvalue weighted by atomic mass is 16.6. The van der Waals surface area contributed by atoms with Crippen molar-refractivity contribution in [2.24, 2.45) is 0 Å². The van der Waals surface area contributed by atoms with E-state index in [-0.39, 0.29) is 23.6 Å². The van der Waals surface area contributed by atoms with Crippen LogP contribution in [0.15, 0.2) is 48.5 Å². The lowest BCUT2D eigenvalue weighted by atomic mass is 10.2. The van der Waals surface area contributed by atoms with Gasteiger partial charge in [0, 0.05) is 18.1 Å². The molecule has 114 valence electrons. The number of rotatable bonds is 8. The predicted molar refractivity (Wildman–Crippen MR) is 80.5 cm³/mol. The first kappa shape index (κ1) is 15.5. The first-order valence-electron chi connectivity index (χ1n) is 6.75. The van der Waals surface area contributed by atoms with E-state index in [1.807, 2.05) is 30.3 Å². The Labute approximate surface area is 127 Å². The monoisotopic (exact) mass is 301 g/mol. The van der Waals surface area contributed by atoms with Crippen LogP contribution >= 0.6 is 0 Å². The lowest BCUT2D eigenvalue weighted by Crippen LogP contribution is -2.06. The average molecular weight is 301 g/mol. The van der Waals surface area contributed by atoms with Gasteiger partial charge in [-0.2, -0.15) is 0 Å². The van der Waals surface area contributed by atoms with E-state index in [1.54, 1.807) is 0 Å². The first-order chi connectivity index (χ1) is 10.7. The summed E-state index contributed by atoms with van der Waals surface area (Å²) in [6.45, 7) is 0.734. The van der Waals surface area contributed by atoms with Crippen LogP contribution in [0, 0.1) is 10.1 Å². The van der Waals surface area contributed by atoms with Gasteiger partial charge in [-0.25, -0.2) is 0 Å². The number of para-hydroxylation sites is 1. The van der Waals surface area contributed by atoms with Crippen LogP contribution in [0.5, 0.6) is 11.5 Å². The van der Waals surface area contributed by atoms with Crippen molar-refractivity contribution in [3.05, 3.63) is 64.2 Å². The normalized spacial score (nSPS) is 10.0. The third-order valence-corrected chi connectivity index (χ3v) is 2.87. The van der Waals surface area contributed by atoms with Gasteiger partial charge in [-0.05, 0) is 24.3 Å². The molecule has 2 aromatic rings. The van der Waals surface area contributed by atoms with Crippen LogP contribution in [-0.4, -0.2) is 24.4 Å². The highest BCUT2D eigenvalue weighted by molar-refractivity contribution is 5.77. The largest absolute Gasteiger partial charge is 0.493 e. The molecular weight excluding hydrogens is 286 g/mol. The Morgan fingerprint density at radius 2 is 1.77 bits per heavy atom. The van der Waals surface area contributed by atoms with Gasteiger partial charge < -0.3 is 9.47 Å². The maximum absolute atomic E-state index is 10.9. The zero-order valence-corrected chi connectivity index (χ0v) is 11.8. The summed E-state index contributed by atoms with van der Waals surface area (Å²) in [5.41, 5.74) is 0.0278. The molecule has 0 saturated heterocycles. The summed E-state index contributed by atoms with van der Waals surface area (Å²) >= 11 is 0. The zero-order chi connectivity index (χ0) is 15.8. The second-order valence-electron chi connectivity index (χ2n) is 4.47. The number of aldehydes is 1. The molecule has 0 bridgehead atoms. The number of nitro benzene ring substituents is 1. The maximum atomic E-state index is 10.9. The van der Waals surface area contributed by atoms with E-state index < -0.39 is 4.92 Å². The number of nitro groups is 1. The van der Waals surface area contributed by atoms with E-state index in [1.165, 1.54) is 18.2 Å². The van der Waals surface area contributed by atoms with Crippen molar-refractivity contribution in [1.29, 1.82) is 0 Å². The smallest absolute Gasteiger partial charge is 0.311 e. The minimum atomic E-state index is -0.567. The van der Waals surface area contributed by atoms with Gasteiger partial charge in [-0.15, -0.1) is 0 Å². The van der Waals surface area contributed by atoms with Crippen LogP contribution in [-0.2, 0) is 0 Å². The molecule has 0 saturated carbocycles. The highest BCUT2D eigenvalue weighted by Gasteiger charge is 2.15. The van der Waals surface area contributed by atoms with Crippen molar-refractivity contribution >= 4 is 12.0 Å². The summed E-state index contributed by atoms with van der Waals surface area (Å²) in [5.74, 6) is 0.916. The summed E-state index contributed by atoms with van der Waals surface area (Å²) in [4.78, 5) is 21.0. The molecule has 0 radical (unpaired) electrons. The fourth-order valence-electron chi connectivity index (χ4n) is 1.82. The Bertz CT molecular complexity index is 642. The summed E-state index contributed by atoms with van der Waals surface area (Å²) in [6, 6.07) is 13.5. The highest BCUT2D eigenvalue weighted by Crippen LogP contribution is 2.27. The second-order valence-corrected chi connectivity index (χ2v) is 4.47. The zero-order valence-electron chi connectivity index (χ0n) is 11.8. The number of ether oxygens (including phenoxy) is 2. The van der Waals surface area contributed by atoms with Gasteiger partial charge >= 0.3 is 5.69 Å². The van der Waals surface area contributed by atoms with E-state index >= 15 is 0 Å². The molecule has 0 atom stereocenters. The molecule has 0 spiro atoms. The van der Waals surface area contributed by atoms with Crippen LogP contribution in [0.3, 0.4) is 0 Å². The third kappa shape index (κ3) is 4.31. The van der Waals surface area contributed by atoms with E-state index in [9.17, 15) is 14.9 Å². The van der Waals surface area contributed by atoms with E-state index in [2.05, 4.69) is 0 Å². The molecule has 2 aromatic carbocycles. The maximum Gasteiger partial charge on any atom is 0.311 e.